The van der Waals surface area contributed by atoms with Gasteiger partial charge in [-0.1, -0.05) is 84.9 Å². The van der Waals surface area contributed by atoms with Crippen LogP contribution in [0.5, 0.6) is 0 Å². The van der Waals surface area contributed by atoms with E-state index in [0.29, 0.717) is 0 Å². The molecule has 0 amide bonds. The predicted molar refractivity (Wildman–Crippen MR) is 182 cm³/mol. The number of hydrogen-bond acceptors (Lipinski definition) is 3. The van der Waals surface area contributed by atoms with E-state index >= 15 is 0 Å². The summed E-state index contributed by atoms with van der Waals surface area (Å²) in [7, 11) is 0. The van der Waals surface area contributed by atoms with E-state index in [1.54, 1.807) is 0 Å². The van der Waals surface area contributed by atoms with E-state index in [0.717, 1.165) is 55.9 Å². The van der Waals surface area contributed by atoms with Gasteiger partial charge >= 0.3 is 0 Å². The number of fused-ring (bicyclic) bond motifs is 8. The molecule has 0 atom stereocenters. The van der Waals surface area contributed by atoms with Crippen molar-refractivity contribution in [1.29, 1.82) is 0 Å². The smallest absolute Gasteiger partial charge is 0.0964 e. The molecule has 0 aliphatic heterocycles. The summed E-state index contributed by atoms with van der Waals surface area (Å²) in [6.45, 7) is 0. The molecule has 9 aromatic rings. The SMILES string of the molecule is C1=Cc2cccc3cc4c(c(c23)C1)c1ccccc1n4-c1cnc2c(-c3cnc4c(ccc5cccnc54)c3)cccc2c1. The number of hydrogen-bond donors (Lipinski definition) is 0. The van der Waals surface area contributed by atoms with Gasteiger partial charge in [0.1, 0.15) is 0 Å². The van der Waals surface area contributed by atoms with Crippen molar-refractivity contribution in [1.82, 2.24) is 19.5 Å². The molecule has 0 saturated carbocycles. The summed E-state index contributed by atoms with van der Waals surface area (Å²) in [5.41, 5.74) is 11.1. The lowest BCUT2D eigenvalue weighted by Gasteiger charge is -2.16. The molecule has 0 bridgehead atoms. The fourth-order valence-electron chi connectivity index (χ4n) is 7.36. The van der Waals surface area contributed by atoms with Gasteiger partial charge in [0.05, 0.1) is 39.5 Å². The topological polar surface area (TPSA) is 43.6 Å². The van der Waals surface area contributed by atoms with Gasteiger partial charge in [-0.2, -0.15) is 0 Å². The molecule has 0 fully saturated rings. The Kier molecular flexibility index (Phi) is 4.74. The van der Waals surface area contributed by atoms with Crippen LogP contribution in [-0.2, 0) is 6.42 Å². The van der Waals surface area contributed by atoms with E-state index in [-0.39, 0.29) is 0 Å². The molecule has 204 valence electrons. The quantitative estimate of drug-likeness (QED) is 0.198. The van der Waals surface area contributed by atoms with Gasteiger partial charge in [-0.25, -0.2) is 0 Å². The number of allylic oxidation sites excluding steroid dienone is 1. The van der Waals surface area contributed by atoms with Crippen LogP contribution in [0.2, 0.25) is 0 Å². The molecule has 1 aliphatic rings. The van der Waals surface area contributed by atoms with Gasteiger partial charge in [0.25, 0.3) is 0 Å². The zero-order valence-corrected chi connectivity index (χ0v) is 23.7. The van der Waals surface area contributed by atoms with Crippen LogP contribution in [-0.4, -0.2) is 19.5 Å². The predicted octanol–water partition coefficient (Wildman–Crippen LogP) is 9.82. The molecule has 4 aromatic heterocycles. The molecule has 4 nitrogen and oxygen atoms in total. The summed E-state index contributed by atoms with van der Waals surface area (Å²) in [5, 5.41) is 8.53. The number of para-hydroxylation sites is 2. The monoisotopic (exact) mass is 560 g/mol. The van der Waals surface area contributed by atoms with Gasteiger partial charge in [0, 0.05) is 50.5 Å². The number of pyridine rings is 3. The van der Waals surface area contributed by atoms with E-state index in [1.165, 1.54) is 43.7 Å². The highest BCUT2D eigenvalue weighted by atomic mass is 15.0. The number of benzene rings is 5. The van der Waals surface area contributed by atoms with Crippen molar-refractivity contribution in [3.8, 4) is 16.8 Å². The molecule has 0 unspecified atom stereocenters. The summed E-state index contributed by atoms with van der Waals surface area (Å²) in [6.07, 6.45) is 11.3. The largest absolute Gasteiger partial charge is 0.308 e. The van der Waals surface area contributed by atoms with Crippen LogP contribution >= 0.6 is 0 Å². The standard InChI is InChI=1S/C40H24N4/c1-2-15-34-32(12-1)37-33-14-4-8-24-7-3-9-26(36(24)33)21-35(37)44(34)30-20-27-10-5-13-31(38(27)43-23-30)29-19-28-17-16-25-11-6-18-41-39(25)40(28)42-22-29/h1-13,15-23H,14H2. The minimum Gasteiger partial charge on any atom is -0.308 e. The Morgan fingerprint density at radius 1 is 0.568 bits per heavy atom. The minimum atomic E-state index is 0.919. The third-order valence-corrected chi connectivity index (χ3v) is 9.24. The first-order valence-corrected chi connectivity index (χ1v) is 15.0. The zero-order chi connectivity index (χ0) is 28.8. The third-order valence-electron chi connectivity index (χ3n) is 9.24. The van der Waals surface area contributed by atoms with Crippen molar-refractivity contribution >= 4 is 71.4 Å². The Morgan fingerprint density at radius 2 is 1.39 bits per heavy atom. The zero-order valence-electron chi connectivity index (χ0n) is 23.7. The molecular weight excluding hydrogens is 536 g/mol. The maximum atomic E-state index is 5.12. The number of rotatable bonds is 2. The number of aromatic nitrogens is 4. The van der Waals surface area contributed by atoms with Crippen molar-refractivity contribution in [3.63, 3.8) is 0 Å². The van der Waals surface area contributed by atoms with Crippen LogP contribution in [0.15, 0.2) is 128 Å². The van der Waals surface area contributed by atoms with E-state index in [9.17, 15) is 0 Å². The molecule has 0 N–H and O–H groups in total. The summed E-state index contributed by atoms with van der Waals surface area (Å²) in [5.74, 6) is 0. The van der Waals surface area contributed by atoms with Gasteiger partial charge < -0.3 is 4.57 Å². The third kappa shape index (κ3) is 3.25. The maximum absolute atomic E-state index is 5.12. The lowest BCUT2D eigenvalue weighted by Crippen LogP contribution is -1.98. The molecule has 0 spiro atoms. The van der Waals surface area contributed by atoms with Crippen LogP contribution in [0, 0.1) is 0 Å². The summed E-state index contributed by atoms with van der Waals surface area (Å²) >= 11 is 0. The highest BCUT2D eigenvalue weighted by Gasteiger charge is 2.20. The van der Waals surface area contributed by atoms with Crippen molar-refractivity contribution < 1.29 is 0 Å². The molecule has 4 heterocycles. The molecular formula is C40H24N4. The van der Waals surface area contributed by atoms with Gasteiger partial charge in [-0.15, -0.1) is 0 Å². The average Bonchev–Trinajstić information content (AvgIpc) is 3.42. The van der Waals surface area contributed by atoms with Crippen molar-refractivity contribution in [2.75, 3.05) is 0 Å². The second kappa shape index (κ2) is 8.82. The fourth-order valence-corrected chi connectivity index (χ4v) is 7.36. The van der Waals surface area contributed by atoms with E-state index in [4.69, 9.17) is 9.97 Å². The second-order valence-corrected chi connectivity index (χ2v) is 11.7. The maximum Gasteiger partial charge on any atom is 0.0964 e. The summed E-state index contributed by atoms with van der Waals surface area (Å²) in [4.78, 5) is 14.6. The van der Waals surface area contributed by atoms with Crippen LogP contribution in [0.1, 0.15) is 11.1 Å². The van der Waals surface area contributed by atoms with Gasteiger partial charge in [-0.05, 0) is 58.7 Å². The van der Waals surface area contributed by atoms with E-state index < -0.39 is 0 Å². The molecule has 10 rings (SSSR count). The van der Waals surface area contributed by atoms with Gasteiger partial charge in [0.2, 0.25) is 0 Å². The Bertz CT molecular complexity index is 2700. The van der Waals surface area contributed by atoms with Crippen molar-refractivity contribution in [2.45, 2.75) is 6.42 Å². The lowest BCUT2D eigenvalue weighted by atomic mass is 9.90. The van der Waals surface area contributed by atoms with Crippen LogP contribution < -0.4 is 0 Å². The first-order valence-electron chi connectivity index (χ1n) is 15.0. The number of nitrogens with zero attached hydrogens (tertiary/aromatic N) is 4. The normalized spacial score (nSPS) is 12.8. The van der Waals surface area contributed by atoms with Gasteiger partial charge in [0.15, 0.2) is 0 Å². The molecule has 0 radical (unpaired) electrons. The lowest BCUT2D eigenvalue weighted by molar-refractivity contribution is 1.16. The Balaban J connectivity index is 1.19. The van der Waals surface area contributed by atoms with Crippen molar-refractivity contribution in [2.24, 2.45) is 0 Å². The van der Waals surface area contributed by atoms with Crippen molar-refractivity contribution in [3.05, 3.63) is 139 Å². The molecule has 0 saturated heterocycles. The molecule has 5 aromatic carbocycles. The summed E-state index contributed by atoms with van der Waals surface area (Å²) in [6, 6.07) is 36.9. The molecule has 44 heavy (non-hydrogen) atoms. The van der Waals surface area contributed by atoms with Crippen LogP contribution in [0.3, 0.4) is 0 Å². The van der Waals surface area contributed by atoms with Crippen LogP contribution in [0.4, 0.5) is 0 Å². The average molecular weight is 561 g/mol. The Labute approximate surface area is 252 Å². The van der Waals surface area contributed by atoms with E-state index in [2.05, 4.69) is 119 Å². The Morgan fingerprint density at radius 3 is 2.39 bits per heavy atom. The van der Waals surface area contributed by atoms with Crippen LogP contribution in [0.25, 0.3) is 88.2 Å². The molecule has 4 heteroatoms. The Hall–Kier alpha value is -5.87. The highest BCUT2D eigenvalue weighted by Crippen LogP contribution is 2.41. The summed E-state index contributed by atoms with van der Waals surface area (Å²) < 4.78 is 2.39. The minimum absolute atomic E-state index is 0.919. The molecule has 1 aliphatic carbocycles. The highest BCUT2D eigenvalue weighted by molar-refractivity contribution is 6.18. The first kappa shape index (κ1) is 23.7. The second-order valence-electron chi connectivity index (χ2n) is 11.7. The van der Waals surface area contributed by atoms with Gasteiger partial charge in [-0.3, -0.25) is 15.0 Å². The fraction of sp³-hybridized carbons (Fsp3) is 0.0250. The van der Waals surface area contributed by atoms with E-state index in [1.807, 2.05) is 24.7 Å². The first-order chi connectivity index (χ1) is 21.8.